The number of hydrogen-bond acceptors (Lipinski definition) is 3. The summed E-state index contributed by atoms with van der Waals surface area (Å²) in [7, 11) is 0. The highest BCUT2D eigenvalue weighted by Crippen LogP contribution is 2.15. The molecule has 96 valence electrons. The van der Waals surface area contributed by atoms with Gasteiger partial charge in [-0.1, -0.05) is 39.0 Å². The van der Waals surface area contributed by atoms with Crippen LogP contribution in [0.15, 0.2) is 35.4 Å². The van der Waals surface area contributed by atoms with Crippen molar-refractivity contribution in [1.29, 1.82) is 0 Å². The van der Waals surface area contributed by atoms with Crippen molar-refractivity contribution in [3.8, 4) is 0 Å². The Kier molecular flexibility index (Phi) is 4.77. The number of ketones is 1. The van der Waals surface area contributed by atoms with E-state index >= 15 is 0 Å². The molecule has 0 saturated carbocycles. The fourth-order valence-electron chi connectivity index (χ4n) is 1.19. The van der Waals surface area contributed by atoms with E-state index in [1.54, 1.807) is 24.3 Å². The van der Waals surface area contributed by atoms with Gasteiger partial charge in [0.2, 0.25) is 0 Å². The standard InChI is InChI=1S/C14H18N2O2/c1-14(2,3)12(17)9-10-15-16-13(18)11-7-5-4-6-8-11/h4-8,10H,9H2,1-3H3,(H,16,18)/b15-10-. The highest BCUT2D eigenvalue weighted by Gasteiger charge is 2.19. The van der Waals surface area contributed by atoms with Crippen LogP contribution in [0.2, 0.25) is 0 Å². The van der Waals surface area contributed by atoms with E-state index in [1.807, 2.05) is 26.8 Å². The second-order valence-electron chi connectivity index (χ2n) is 5.00. The average molecular weight is 246 g/mol. The first-order valence-corrected chi connectivity index (χ1v) is 5.81. The molecule has 0 aliphatic heterocycles. The van der Waals surface area contributed by atoms with Crippen LogP contribution in [0.1, 0.15) is 37.6 Å². The van der Waals surface area contributed by atoms with Gasteiger partial charge < -0.3 is 0 Å². The second kappa shape index (κ2) is 6.10. The van der Waals surface area contributed by atoms with E-state index in [-0.39, 0.29) is 23.5 Å². The summed E-state index contributed by atoms with van der Waals surface area (Å²) in [6.07, 6.45) is 1.65. The molecule has 1 aromatic carbocycles. The zero-order valence-corrected chi connectivity index (χ0v) is 10.9. The molecule has 4 heteroatoms. The summed E-state index contributed by atoms with van der Waals surface area (Å²) >= 11 is 0. The molecule has 0 aromatic heterocycles. The van der Waals surface area contributed by atoms with E-state index < -0.39 is 0 Å². The summed E-state index contributed by atoms with van der Waals surface area (Å²) in [6, 6.07) is 8.79. The lowest BCUT2D eigenvalue weighted by Crippen LogP contribution is -2.21. The molecule has 4 nitrogen and oxygen atoms in total. The monoisotopic (exact) mass is 246 g/mol. The molecule has 0 heterocycles. The molecule has 1 rings (SSSR count). The van der Waals surface area contributed by atoms with Crippen molar-refractivity contribution in [2.24, 2.45) is 10.5 Å². The third-order valence-electron chi connectivity index (χ3n) is 2.41. The molecular weight excluding hydrogens is 228 g/mol. The zero-order valence-electron chi connectivity index (χ0n) is 10.9. The molecule has 0 unspecified atom stereocenters. The van der Waals surface area contributed by atoms with Crippen molar-refractivity contribution in [2.45, 2.75) is 27.2 Å². The molecule has 0 saturated heterocycles. The Balaban J connectivity index is 2.42. The number of amides is 1. The predicted molar refractivity (Wildman–Crippen MR) is 71.5 cm³/mol. The largest absolute Gasteiger partial charge is 0.299 e. The van der Waals surface area contributed by atoms with Gasteiger partial charge in [-0.2, -0.15) is 5.10 Å². The van der Waals surface area contributed by atoms with E-state index in [0.29, 0.717) is 5.56 Å². The van der Waals surface area contributed by atoms with Gasteiger partial charge in [0.1, 0.15) is 5.78 Å². The van der Waals surface area contributed by atoms with E-state index in [9.17, 15) is 9.59 Å². The van der Waals surface area contributed by atoms with Crippen LogP contribution in [-0.4, -0.2) is 17.9 Å². The number of nitrogens with zero attached hydrogens (tertiary/aromatic N) is 1. The second-order valence-corrected chi connectivity index (χ2v) is 5.00. The van der Waals surface area contributed by atoms with E-state index in [0.717, 1.165) is 0 Å². The molecule has 0 fully saturated rings. The fraction of sp³-hybridized carbons (Fsp3) is 0.357. The Labute approximate surface area is 107 Å². The van der Waals surface area contributed by atoms with Gasteiger partial charge in [-0.25, -0.2) is 5.43 Å². The number of hydrazone groups is 1. The summed E-state index contributed by atoms with van der Waals surface area (Å²) in [6.45, 7) is 5.56. The summed E-state index contributed by atoms with van der Waals surface area (Å²) in [5.41, 5.74) is 2.54. The van der Waals surface area contributed by atoms with Crippen molar-refractivity contribution < 1.29 is 9.59 Å². The van der Waals surface area contributed by atoms with Crippen LogP contribution in [0.4, 0.5) is 0 Å². The summed E-state index contributed by atoms with van der Waals surface area (Å²) < 4.78 is 0. The summed E-state index contributed by atoms with van der Waals surface area (Å²) in [5, 5.41) is 3.76. The molecule has 18 heavy (non-hydrogen) atoms. The highest BCUT2D eigenvalue weighted by molar-refractivity contribution is 5.96. The van der Waals surface area contributed by atoms with Gasteiger partial charge in [0.05, 0.1) is 0 Å². The van der Waals surface area contributed by atoms with Gasteiger partial charge in [-0.05, 0) is 12.1 Å². The zero-order chi connectivity index (χ0) is 13.6. The molecule has 0 bridgehead atoms. The first-order chi connectivity index (χ1) is 8.41. The molecule has 0 spiro atoms. The van der Waals surface area contributed by atoms with E-state index in [4.69, 9.17) is 0 Å². The third kappa shape index (κ3) is 4.49. The van der Waals surface area contributed by atoms with E-state index in [2.05, 4.69) is 10.5 Å². The Morgan fingerprint density at radius 1 is 1.22 bits per heavy atom. The number of benzene rings is 1. The smallest absolute Gasteiger partial charge is 0.271 e. The molecule has 0 radical (unpaired) electrons. The molecule has 1 N–H and O–H groups in total. The Hall–Kier alpha value is -1.97. The van der Waals surface area contributed by atoms with Crippen LogP contribution in [0.3, 0.4) is 0 Å². The molecular formula is C14H18N2O2. The first kappa shape index (κ1) is 14.1. The maximum atomic E-state index is 11.6. The average Bonchev–Trinajstić information content (AvgIpc) is 2.34. The minimum atomic E-state index is -0.380. The first-order valence-electron chi connectivity index (χ1n) is 5.81. The molecule has 0 atom stereocenters. The normalized spacial score (nSPS) is 11.5. The third-order valence-corrected chi connectivity index (χ3v) is 2.41. The topological polar surface area (TPSA) is 58.5 Å². The lowest BCUT2D eigenvalue weighted by Gasteiger charge is -2.14. The Morgan fingerprint density at radius 3 is 2.39 bits per heavy atom. The highest BCUT2D eigenvalue weighted by atomic mass is 16.2. The van der Waals surface area contributed by atoms with Crippen LogP contribution >= 0.6 is 0 Å². The lowest BCUT2D eigenvalue weighted by atomic mass is 9.89. The predicted octanol–water partition coefficient (Wildman–Crippen LogP) is 2.41. The summed E-state index contributed by atoms with van der Waals surface area (Å²) in [4.78, 5) is 23.2. The van der Waals surface area contributed by atoms with Gasteiger partial charge in [-0.3, -0.25) is 9.59 Å². The van der Waals surface area contributed by atoms with E-state index in [1.165, 1.54) is 6.21 Å². The molecule has 0 aliphatic rings. The van der Waals surface area contributed by atoms with Gasteiger partial charge in [0.15, 0.2) is 0 Å². The van der Waals surface area contributed by atoms with Gasteiger partial charge in [0.25, 0.3) is 5.91 Å². The van der Waals surface area contributed by atoms with Crippen LogP contribution < -0.4 is 5.43 Å². The molecule has 1 amide bonds. The summed E-state index contributed by atoms with van der Waals surface area (Å²) in [5.74, 6) is -0.199. The minimum absolute atomic E-state index is 0.0835. The number of carbonyl (C=O) groups is 2. The number of rotatable bonds is 4. The SMILES string of the molecule is CC(C)(C)C(=O)C/C=N\NC(=O)c1ccccc1. The Bertz CT molecular complexity index is 445. The van der Waals surface area contributed by atoms with Crippen LogP contribution in [0.5, 0.6) is 0 Å². The number of nitrogens with one attached hydrogen (secondary N) is 1. The Morgan fingerprint density at radius 2 is 1.83 bits per heavy atom. The maximum Gasteiger partial charge on any atom is 0.271 e. The van der Waals surface area contributed by atoms with Crippen molar-refractivity contribution in [3.05, 3.63) is 35.9 Å². The quantitative estimate of drug-likeness (QED) is 0.655. The van der Waals surface area contributed by atoms with Crippen LogP contribution in [0.25, 0.3) is 0 Å². The van der Waals surface area contributed by atoms with Gasteiger partial charge in [0, 0.05) is 23.6 Å². The van der Waals surface area contributed by atoms with Crippen molar-refractivity contribution >= 4 is 17.9 Å². The lowest BCUT2D eigenvalue weighted by molar-refractivity contribution is -0.124. The number of hydrogen-bond donors (Lipinski definition) is 1. The van der Waals surface area contributed by atoms with Gasteiger partial charge >= 0.3 is 0 Å². The van der Waals surface area contributed by atoms with Crippen molar-refractivity contribution in [2.75, 3.05) is 0 Å². The minimum Gasteiger partial charge on any atom is -0.299 e. The molecule has 0 aliphatic carbocycles. The van der Waals surface area contributed by atoms with Crippen LogP contribution in [-0.2, 0) is 4.79 Å². The number of carbonyl (C=O) groups excluding carboxylic acids is 2. The number of Topliss-reactive ketones (excluding diaryl/α,β-unsaturated/α-hetero) is 1. The fourth-order valence-corrected chi connectivity index (χ4v) is 1.19. The molecule has 1 aromatic rings. The van der Waals surface area contributed by atoms with Gasteiger partial charge in [-0.15, -0.1) is 0 Å². The van der Waals surface area contributed by atoms with Crippen molar-refractivity contribution in [1.82, 2.24) is 5.43 Å². The van der Waals surface area contributed by atoms with Crippen LogP contribution in [0, 0.1) is 5.41 Å². The van der Waals surface area contributed by atoms with Crippen molar-refractivity contribution in [3.63, 3.8) is 0 Å². The maximum absolute atomic E-state index is 11.6.